The van der Waals surface area contributed by atoms with E-state index in [9.17, 15) is 0 Å². The first-order valence-electron chi connectivity index (χ1n) is 4.95. The lowest BCUT2D eigenvalue weighted by atomic mass is 10.3. The maximum absolute atomic E-state index is 7.16. The smallest absolute Gasteiger partial charge is 0.200 e. The van der Waals surface area contributed by atoms with Crippen molar-refractivity contribution in [2.75, 3.05) is 14.1 Å². The van der Waals surface area contributed by atoms with E-state index in [4.69, 9.17) is 11.1 Å². The Labute approximate surface area is 95.1 Å². The van der Waals surface area contributed by atoms with E-state index in [1.165, 1.54) is 0 Å². The van der Waals surface area contributed by atoms with Gasteiger partial charge in [-0.15, -0.1) is 0 Å². The minimum atomic E-state index is -0.113. The summed E-state index contributed by atoms with van der Waals surface area (Å²) in [4.78, 5) is 9.04. The van der Waals surface area contributed by atoms with Gasteiger partial charge < -0.3 is 15.6 Å². The van der Waals surface area contributed by atoms with E-state index in [0.29, 0.717) is 12.5 Å². The third-order valence-electron chi connectivity index (χ3n) is 2.13. The molecule has 0 bridgehead atoms. The Balaban J connectivity index is 2.63. The van der Waals surface area contributed by atoms with Crippen LogP contribution in [0.5, 0.6) is 0 Å². The number of H-pyrrole nitrogens is 1. The summed E-state index contributed by atoms with van der Waals surface area (Å²) in [5, 5.41) is 9.84. The lowest BCUT2D eigenvalue weighted by Crippen LogP contribution is -2.44. The molecule has 6 heteroatoms. The number of aliphatic imine (C=N–C) groups is 1. The number of nitrogens with zero attached hydrogens (tertiary/aromatic N) is 2. The van der Waals surface area contributed by atoms with Crippen molar-refractivity contribution in [3.05, 3.63) is 23.5 Å². The van der Waals surface area contributed by atoms with Crippen molar-refractivity contribution >= 4 is 11.9 Å². The van der Waals surface area contributed by atoms with Crippen LogP contribution in [0.2, 0.25) is 0 Å². The number of aryl methyl sites for hydroxylation is 1. The molecule has 5 N–H and O–H groups in total. The van der Waals surface area contributed by atoms with Crippen molar-refractivity contribution in [3.63, 3.8) is 0 Å². The molecule has 0 aliphatic heterocycles. The summed E-state index contributed by atoms with van der Waals surface area (Å²) in [5.41, 5.74) is 7.54. The monoisotopic (exact) mass is 222 g/mol. The summed E-state index contributed by atoms with van der Waals surface area (Å²) in [6.45, 7) is 2.71. The van der Waals surface area contributed by atoms with Crippen molar-refractivity contribution in [2.24, 2.45) is 10.7 Å². The average Bonchev–Trinajstić information content (AvgIpc) is 2.60. The van der Waals surface area contributed by atoms with Gasteiger partial charge in [-0.1, -0.05) is 0 Å². The third kappa shape index (κ3) is 3.30. The van der Waals surface area contributed by atoms with Gasteiger partial charge >= 0.3 is 0 Å². The van der Waals surface area contributed by atoms with Gasteiger partial charge in [0.1, 0.15) is 0 Å². The zero-order valence-corrected chi connectivity index (χ0v) is 9.83. The molecule has 0 aliphatic rings. The fourth-order valence-corrected chi connectivity index (χ4v) is 1.45. The van der Waals surface area contributed by atoms with Gasteiger partial charge in [-0.25, -0.2) is 0 Å². The van der Waals surface area contributed by atoms with Crippen LogP contribution in [0.1, 0.15) is 11.3 Å². The van der Waals surface area contributed by atoms with Crippen LogP contribution in [-0.2, 0) is 6.54 Å². The number of aromatic amines is 1. The van der Waals surface area contributed by atoms with Crippen molar-refractivity contribution in [1.82, 2.24) is 15.2 Å². The third-order valence-corrected chi connectivity index (χ3v) is 2.13. The molecule has 0 aliphatic carbocycles. The number of rotatable bonds is 2. The lowest BCUT2D eigenvalue weighted by Gasteiger charge is -2.20. The van der Waals surface area contributed by atoms with Crippen molar-refractivity contribution in [1.29, 1.82) is 5.41 Å². The first-order chi connectivity index (χ1) is 7.52. The van der Waals surface area contributed by atoms with Gasteiger partial charge in [0.05, 0.1) is 0 Å². The van der Waals surface area contributed by atoms with E-state index in [-0.39, 0.29) is 5.96 Å². The average molecular weight is 222 g/mol. The standard InChI is InChI=1S/C10H18N6/c1-7-4-8(5-14-7)6-16(3)10(13-2)15-9(11)12/h4-5,14H,6H2,1-3H3,(H4,11,12,13,15). The van der Waals surface area contributed by atoms with Crippen LogP contribution < -0.4 is 11.1 Å². The largest absolute Gasteiger partial charge is 0.370 e. The fourth-order valence-electron chi connectivity index (χ4n) is 1.45. The Morgan fingerprint density at radius 2 is 2.38 bits per heavy atom. The van der Waals surface area contributed by atoms with Gasteiger partial charge in [0.15, 0.2) is 5.96 Å². The Morgan fingerprint density at radius 3 is 2.81 bits per heavy atom. The van der Waals surface area contributed by atoms with E-state index >= 15 is 0 Å². The number of aromatic nitrogens is 1. The molecule has 0 fully saturated rings. The predicted octanol–water partition coefficient (Wildman–Crippen LogP) is 0.224. The molecule has 1 rings (SSSR count). The molecule has 0 saturated heterocycles. The van der Waals surface area contributed by atoms with Gasteiger partial charge in [0.2, 0.25) is 5.96 Å². The Hall–Kier alpha value is -1.98. The number of guanidine groups is 2. The molecule has 1 aromatic heterocycles. The summed E-state index contributed by atoms with van der Waals surface area (Å²) in [7, 11) is 3.55. The summed E-state index contributed by atoms with van der Waals surface area (Å²) in [6.07, 6.45) is 1.95. The zero-order valence-electron chi connectivity index (χ0n) is 9.83. The molecule has 0 saturated carbocycles. The van der Waals surface area contributed by atoms with Crippen LogP contribution in [0.4, 0.5) is 0 Å². The maximum Gasteiger partial charge on any atom is 0.200 e. The molecule has 0 atom stereocenters. The first kappa shape index (κ1) is 12.1. The van der Waals surface area contributed by atoms with Crippen LogP contribution in [0.25, 0.3) is 0 Å². The van der Waals surface area contributed by atoms with Crippen LogP contribution in [0.3, 0.4) is 0 Å². The Morgan fingerprint density at radius 1 is 1.69 bits per heavy atom. The van der Waals surface area contributed by atoms with Crippen molar-refractivity contribution < 1.29 is 0 Å². The van der Waals surface area contributed by atoms with Crippen LogP contribution in [-0.4, -0.2) is 35.9 Å². The highest BCUT2D eigenvalue weighted by Crippen LogP contribution is 2.05. The van der Waals surface area contributed by atoms with Crippen molar-refractivity contribution in [3.8, 4) is 0 Å². The van der Waals surface area contributed by atoms with Crippen LogP contribution in [0, 0.1) is 12.3 Å². The van der Waals surface area contributed by atoms with Gasteiger partial charge in [-0.2, -0.15) is 0 Å². The zero-order chi connectivity index (χ0) is 12.1. The summed E-state index contributed by atoms with van der Waals surface area (Å²) in [6, 6.07) is 2.07. The second-order valence-electron chi connectivity index (χ2n) is 3.63. The molecule has 0 amide bonds. The van der Waals surface area contributed by atoms with Gasteiger partial charge in [-0.05, 0) is 18.6 Å². The highest BCUT2D eigenvalue weighted by atomic mass is 15.3. The van der Waals surface area contributed by atoms with E-state index < -0.39 is 0 Å². The molecule has 1 aromatic rings. The van der Waals surface area contributed by atoms with E-state index in [1.807, 2.05) is 25.1 Å². The van der Waals surface area contributed by atoms with E-state index in [2.05, 4.69) is 21.4 Å². The van der Waals surface area contributed by atoms with Crippen LogP contribution >= 0.6 is 0 Å². The van der Waals surface area contributed by atoms with Gasteiger partial charge in [-0.3, -0.25) is 15.7 Å². The molecule has 0 unspecified atom stereocenters. The summed E-state index contributed by atoms with van der Waals surface area (Å²) in [5.74, 6) is 0.462. The number of nitrogens with one attached hydrogen (secondary N) is 3. The Bertz CT molecular complexity index is 392. The Kier molecular flexibility index (Phi) is 3.93. The minimum absolute atomic E-state index is 0.113. The quantitative estimate of drug-likeness (QED) is 0.426. The lowest BCUT2D eigenvalue weighted by molar-refractivity contribution is 0.487. The summed E-state index contributed by atoms with van der Waals surface area (Å²) >= 11 is 0. The number of nitrogens with two attached hydrogens (primary N) is 1. The number of hydrogen-bond acceptors (Lipinski definition) is 2. The molecule has 0 radical (unpaired) electrons. The molecule has 6 nitrogen and oxygen atoms in total. The summed E-state index contributed by atoms with van der Waals surface area (Å²) < 4.78 is 0. The highest BCUT2D eigenvalue weighted by Gasteiger charge is 2.07. The SMILES string of the molecule is C/N=C(\NC(=N)N)N(C)Cc1c[nH]c(C)c1. The first-order valence-corrected chi connectivity index (χ1v) is 4.95. The second kappa shape index (κ2) is 5.20. The predicted molar refractivity (Wildman–Crippen MR) is 65.4 cm³/mol. The molecular weight excluding hydrogens is 204 g/mol. The van der Waals surface area contributed by atoms with Gasteiger partial charge in [0.25, 0.3) is 0 Å². The second-order valence-corrected chi connectivity index (χ2v) is 3.63. The van der Waals surface area contributed by atoms with Crippen molar-refractivity contribution in [2.45, 2.75) is 13.5 Å². The van der Waals surface area contributed by atoms with E-state index in [0.717, 1.165) is 11.3 Å². The molecule has 16 heavy (non-hydrogen) atoms. The maximum atomic E-state index is 7.16. The molecule has 1 heterocycles. The molecule has 0 aromatic carbocycles. The molecular formula is C10H18N6. The normalized spacial score (nSPS) is 11.3. The molecule has 88 valence electrons. The highest BCUT2D eigenvalue weighted by molar-refractivity contribution is 5.96. The van der Waals surface area contributed by atoms with E-state index in [1.54, 1.807) is 7.05 Å². The van der Waals surface area contributed by atoms with Crippen LogP contribution in [0.15, 0.2) is 17.3 Å². The molecule has 0 spiro atoms. The van der Waals surface area contributed by atoms with Gasteiger partial charge in [0, 0.05) is 32.5 Å². The number of hydrogen-bond donors (Lipinski definition) is 4. The minimum Gasteiger partial charge on any atom is -0.370 e. The fraction of sp³-hybridized carbons (Fsp3) is 0.400. The topological polar surface area (TPSA) is 93.3 Å².